The lowest BCUT2D eigenvalue weighted by Crippen LogP contribution is -2.51. The highest BCUT2D eigenvalue weighted by Crippen LogP contribution is 2.33. The first-order valence-electron chi connectivity index (χ1n) is 11.5. The largest absolute Gasteiger partial charge is 0.339 e. The van der Waals surface area contributed by atoms with Crippen LogP contribution in [0.25, 0.3) is 0 Å². The van der Waals surface area contributed by atoms with Gasteiger partial charge in [-0.2, -0.15) is 4.31 Å². The van der Waals surface area contributed by atoms with Gasteiger partial charge in [0, 0.05) is 38.3 Å². The van der Waals surface area contributed by atoms with Crippen LogP contribution in [0.5, 0.6) is 0 Å². The van der Waals surface area contributed by atoms with Crippen molar-refractivity contribution in [1.29, 1.82) is 0 Å². The summed E-state index contributed by atoms with van der Waals surface area (Å²) in [4.78, 5) is 36.6. The van der Waals surface area contributed by atoms with E-state index in [0.717, 1.165) is 35.7 Å². The summed E-state index contributed by atoms with van der Waals surface area (Å²) in [5.41, 5.74) is 0.389. The second-order valence-corrected chi connectivity index (χ2v) is 10.7. The molecule has 1 saturated heterocycles. The van der Waals surface area contributed by atoms with E-state index >= 15 is 0 Å². The maximum Gasteiger partial charge on any atom is 0.285 e. The van der Waals surface area contributed by atoms with Crippen molar-refractivity contribution >= 4 is 21.6 Å². The fourth-order valence-electron chi connectivity index (χ4n) is 4.67. The van der Waals surface area contributed by atoms with Crippen LogP contribution in [0.3, 0.4) is 0 Å². The Morgan fingerprint density at radius 1 is 0.971 bits per heavy atom. The van der Waals surface area contributed by atoms with Gasteiger partial charge in [-0.25, -0.2) is 8.42 Å². The summed E-state index contributed by atoms with van der Waals surface area (Å²) < 4.78 is 28.6. The van der Waals surface area contributed by atoms with Gasteiger partial charge in [0.05, 0.1) is 16.0 Å². The Balaban J connectivity index is 1.37. The van der Waals surface area contributed by atoms with Gasteiger partial charge in [-0.05, 0) is 36.5 Å². The number of hydrogen-bond donors (Lipinski definition) is 0. The summed E-state index contributed by atoms with van der Waals surface area (Å²) in [6.45, 7) is 0.310. The third-order valence-corrected chi connectivity index (χ3v) is 8.58. The first-order valence-corrected chi connectivity index (χ1v) is 12.9. The highest BCUT2D eigenvalue weighted by molar-refractivity contribution is 7.89. The summed E-state index contributed by atoms with van der Waals surface area (Å²) in [6, 6.07) is 9.32. The number of rotatable bonds is 6. The van der Waals surface area contributed by atoms with Gasteiger partial charge < -0.3 is 4.90 Å². The molecule has 1 aliphatic heterocycles. The third kappa shape index (κ3) is 5.20. The van der Waals surface area contributed by atoms with Crippen LogP contribution in [0.4, 0.5) is 5.69 Å². The second kappa shape index (κ2) is 10.1. The van der Waals surface area contributed by atoms with Gasteiger partial charge in [0.2, 0.25) is 15.9 Å². The predicted molar refractivity (Wildman–Crippen MR) is 125 cm³/mol. The minimum absolute atomic E-state index is 0.141. The van der Waals surface area contributed by atoms with E-state index in [-0.39, 0.29) is 43.3 Å². The second-order valence-electron chi connectivity index (χ2n) is 8.80. The molecule has 11 heteroatoms. The van der Waals surface area contributed by atoms with Crippen LogP contribution < -0.4 is 5.56 Å². The van der Waals surface area contributed by atoms with Crippen LogP contribution in [-0.2, 0) is 21.4 Å². The summed E-state index contributed by atoms with van der Waals surface area (Å²) >= 11 is 0. The fourth-order valence-corrected chi connectivity index (χ4v) is 6.09. The molecule has 0 N–H and O–H groups in total. The highest BCUT2D eigenvalue weighted by Gasteiger charge is 2.30. The number of carbonyl (C=O) groups is 1. The van der Waals surface area contributed by atoms with Crippen molar-refractivity contribution in [3.63, 3.8) is 0 Å². The number of hydrogen-bond acceptors (Lipinski definition) is 6. The zero-order chi connectivity index (χ0) is 24.3. The average molecular weight is 489 g/mol. The lowest BCUT2D eigenvalue weighted by atomic mass is 9.84. The quantitative estimate of drug-likeness (QED) is 0.454. The molecular formula is C23H28N4O6S. The Morgan fingerprint density at radius 3 is 2.24 bits per heavy atom. The number of aromatic nitrogens is 1. The normalized spacial score (nSPS) is 18.1. The molecule has 2 heterocycles. The molecule has 0 bridgehead atoms. The molecule has 0 radical (unpaired) electrons. The van der Waals surface area contributed by atoms with Gasteiger partial charge in [-0.15, -0.1) is 0 Å². The van der Waals surface area contributed by atoms with E-state index in [1.165, 1.54) is 34.0 Å². The van der Waals surface area contributed by atoms with Gasteiger partial charge >= 0.3 is 0 Å². The molecular weight excluding hydrogens is 460 g/mol. The molecule has 1 aromatic carbocycles. The lowest BCUT2D eigenvalue weighted by Gasteiger charge is -2.34. The molecule has 10 nitrogen and oxygen atoms in total. The molecule has 2 aromatic rings. The van der Waals surface area contributed by atoms with Crippen molar-refractivity contribution in [2.75, 3.05) is 26.2 Å². The van der Waals surface area contributed by atoms with Crippen LogP contribution >= 0.6 is 0 Å². The molecule has 182 valence electrons. The zero-order valence-electron chi connectivity index (χ0n) is 18.8. The van der Waals surface area contributed by atoms with Crippen molar-refractivity contribution in [3.8, 4) is 0 Å². The number of benzene rings is 1. The monoisotopic (exact) mass is 488 g/mol. The summed E-state index contributed by atoms with van der Waals surface area (Å²) in [5.74, 6) is 0.107. The van der Waals surface area contributed by atoms with E-state index in [4.69, 9.17) is 0 Å². The number of nitro groups is 1. The molecule has 0 atom stereocenters. The standard InChI is InChI=1S/C23H28N4O6S/c28-22-11-8-20(27(30)31)16-25(22)17-23(29)24-12-14-26(15-13-24)34(32,33)21-9-6-19(7-10-21)18-4-2-1-3-5-18/h6-11,16,18H,1-5,12-15,17H2. The van der Waals surface area contributed by atoms with E-state index in [0.29, 0.717) is 5.92 Å². The number of sulfonamides is 1. The highest BCUT2D eigenvalue weighted by atomic mass is 32.2. The molecule has 0 unspecified atom stereocenters. The van der Waals surface area contributed by atoms with Crippen molar-refractivity contribution in [3.05, 3.63) is 68.6 Å². The number of amides is 1. The Kier molecular flexibility index (Phi) is 7.13. The molecule has 1 saturated carbocycles. The van der Waals surface area contributed by atoms with Crippen LogP contribution in [0.15, 0.2) is 52.3 Å². The van der Waals surface area contributed by atoms with E-state index in [2.05, 4.69) is 0 Å². The van der Waals surface area contributed by atoms with Crippen molar-refractivity contribution in [1.82, 2.24) is 13.8 Å². The number of carbonyl (C=O) groups excluding carboxylic acids is 1. The Morgan fingerprint density at radius 2 is 1.62 bits per heavy atom. The Hall–Kier alpha value is -3.05. The molecule has 1 aromatic heterocycles. The smallest absolute Gasteiger partial charge is 0.285 e. The SMILES string of the molecule is O=C(Cn1cc([N+](=O)[O-])ccc1=O)N1CCN(S(=O)(=O)c2ccc(C3CCCCC3)cc2)CC1. The van der Waals surface area contributed by atoms with Crippen LogP contribution in [0.2, 0.25) is 0 Å². The molecule has 2 fully saturated rings. The van der Waals surface area contributed by atoms with Gasteiger partial charge in [-0.3, -0.25) is 24.3 Å². The van der Waals surface area contributed by atoms with Crippen LogP contribution in [0, 0.1) is 10.1 Å². The Bertz CT molecular complexity index is 1210. The first-order chi connectivity index (χ1) is 16.3. The zero-order valence-corrected chi connectivity index (χ0v) is 19.7. The fraction of sp³-hybridized carbons (Fsp3) is 0.478. The number of pyridine rings is 1. The average Bonchev–Trinajstić information content (AvgIpc) is 2.86. The topological polar surface area (TPSA) is 123 Å². The van der Waals surface area contributed by atoms with Crippen LogP contribution in [0.1, 0.15) is 43.6 Å². The summed E-state index contributed by atoms with van der Waals surface area (Å²) in [6.07, 6.45) is 7.01. The van der Waals surface area contributed by atoms with Gasteiger partial charge in [0.1, 0.15) is 6.54 Å². The summed E-state index contributed by atoms with van der Waals surface area (Å²) in [7, 11) is -3.67. The minimum atomic E-state index is -3.67. The molecule has 2 aliphatic rings. The predicted octanol–water partition coefficient (Wildman–Crippen LogP) is 2.34. The molecule has 34 heavy (non-hydrogen) atoms. The number of nitrogens with zero attached hydrogens (tertiary/aromatic N) is 4. The van der Waals surface area contributed by atoms with E-state index < -0.39 is 26.4 Å². The maximum atomic E-state index is 13.1. The third-order valence-electron chi connectivity index (χ3n) is 6.67. The van der Waals surface area contributed by atoms with E-state index in [1.54, 1.807) is 12.1 Å². The van der Waals surface area contributed by atoms with Gasteiger partial charge in [0.15, 0.2) is 0 Å². The van der Waals surface area contributed by atoms with Crippen molar-refractivity contribution in [2.24, 2.45) is 0 Å². The molecule has 1 aliphatic carbocycles. The molecule has 1 amide bonds. The van der Waals surface area contributed by atoms with E-state index in [9.17, 15) is 28.1 Å². The molecule has 0 spiro atoms. The van der Waals surface area contributed by atoms with Crippen molar-refractivity contribution in [2.45, 2.75) is 49.5 Å². The minimum Gasteiger partial charge on any atom is -0.339 e. The summed E-state index contributed by atoms with van der Waals surface area (Å²) in [5, 5.41) is 10.9. The maximum absolute atomic E-state index is 13.1. The Labute approximate surface area is 198 Å². The van der Waals surface area contributed by atoms with E-state index in [1.807, 2.05) is 12.1 Å². The van der Waals surface area contributed by atoms with Gasteiger partial charge in [0.25, 0.3) is 11.2 Å². The number of piperazine rings is 1. The first kappa shape index (κ1) is 24.1. The van der Waals surface area contributed by atoms with Crippen LogP contribution in [-0.4, -0.2) is 59.2 Å². The lowest BCUT2D eigenvalue weighted by molar-refractivity contribution is -0.385. The van der Waals surface area contributed by atoms with Crippen molar-refractivity contribution < 1.29 is 18.1 Å². The molecule has 4 rings (SSSR count). The van der Waals surface area contributed by atoms with Gasteiger partial charge in [-0.1, -0.05) is 31.4 Å².